The molecule has 0 spiro atoms. The first-order chi connectivity index (χ1) is 9.02. The monoisotopic (exact) mass is 264 g/mol. The van der Waals surface area contributed by atoms with Crippen LogP contribution in [0.25, 0.3) is 0 Å². The third kappa shape index (κ3) is 5.90. The van der Waals surface area contributed by atoms with Crippen LogP contribution in [0.5, 0.6) is 0 Å². The van der Waals surface area contributed by atoms with E-state index in [1.54, 1.807) is 0 Å². The van der Waals surface area contributed by atoms with Crippen molar-refractivity contribution in [2.24, 2.45) is 0 Å². The fourth-order valence-corrected chi connectivity index (χ4v) is 2.02. The maximum atomic E-state index is 5.82. The lowest BCUT2D eigenvalue weighted by atomic mass is 10.1. The van der Waals surface area contributed by atoms with Crippen LogP contribution in [0, 0.1) is 0 Å². The average Bonchev–Trinajstić information content (AvgIpc) is 2.34. The fraction of sp³-hybridized carbons (Fsp3) is 0.733. The number of unbranched alkanes of at least 4 members (excludes halogenated alkanes) is 3. The lowest BCUT2D eigenvalue weighted by Gasteiger charge is -2.16. The highest BCUT2D eigenvalue weighted by atomic mass is 15.1. The molecule has 4 nitrogen and oxygen atoms in total. The van der Waals surface area contributed by atoms with Crippen LogP contribution in [0.15, 0.2) is 6.07 Å². The minimum Gasteiger partial charge on any atom is -0.384 e. The lowest BCUT2D eigenvalue weighted by molar-refractivity contribution is 0.592. The number of nitrogens with zero attached hydrogens (tertiary/aromatic N) is 2. The van der Waals surface area contributed by atoms with Crippen molar-refractivity contribution in [1.29, 1.82) is 0 Å². The molecule has 0 fully saturated rings. The van der Waals surface area contributed by atoms with E-state index in [-0.39, 0.29) is 0 Å². The van der Waals surface area contributed by atoms with Gasteiger partial charge in [0.15, 0.2) is 0 Å². The van der Waals surface area contributed by atoms with Gasteiger partial charge in [-0.3, -0.25) is 0 Å². The van der Waals surface area contributed by atoms with Crippen LogP contribution in [0.2, 0.25) is 0 Å². The molecule has 1 aromatic rings. The molecule has 1 rings (SSSR count). The summed E-state index contributed by atoms with van der Waals surface area (Å²) < 4.78 is 0. The Morgan fingerprint density at radius 1 is 1.16 bits per heavy atom. The molecule has 1 unspecified atom stereocenters. The fourth-order valence-electron chi connectivity index (χ4n) is 2.02. The Morgan fingerprint density at radius 3 is 2.53 bits per heavy atom. The molecule has 0 radical (unpaired) electrons. The van der Waals surface area contributed by atoms with Crippen LogP contribution < -0.4 is 11.1 Å². The number of nitrogens with two attached hydrogens (primary N) is 1. The van der Waals surface area contributed by atoms with E-state index >= 15 is 0 Å². The van der Waals surface area contributed by atoms with Gasteiger partial charge in [0, 0.05) is 18.0 Å². The van der Waals surface area contributed by atoms with E-state index in [1.807, 2.05) is 6.07 Å². The Hall–Kier alpha value is -1.32. The van der Waals surface area contributed by atoms with E-state index < -0.39 is 0 Å². The summed E-state index contributed by atoms with van der Waals surface area (Å²) in [6, 6.07) is 2.24. The molecule has 108 valence electrons. The molecular weight excluding hydrogens is 236 g/mol. The summed E-state index contributed by atoms with van der Waals surface area (Å²) in [7, 11) is 0. The van der Waals surface area contributed by atoms with Crippen molar-refractivity contribution >= 4 is 11.6 Å². The third-order valence-corrected chi connectivity index (χ3v) is 3.16. The van der Waals surface area contributed by atoms with Crippen molar-refractivity contribution in [2.75, 3.05) is 11.1 Å². The molecule has 0 aromatic carbocycles. The minimum absolute atomic E-state index is 0.295. The maximum absolute atomic E-state index is 5.82. The van der Waals surface area contributed by atoms with Gasteiger partial charge in [0.05, 0.1) is 0 Å². The largest absolute Gasteiger partial charge is 0.384 e. The standard InChI is InChI=1S/C15H28N4/c1-5-6-7-8-9-12(4)17-14-10-13(16)18-15(19-14)11(2)3/h10-12H,5-9H2,1-4H3,(H3,16,17,18,19). The van der Waals surface area contributed by atoms with Gasteiger partial charge in [0.25, 0.3) is 0 Å². The first-order valence-corrected chi connectivity index (χ1v) is 7.44. The summed E-state index contributed by atoms with van der Waals surface area (Å²) in [6.45, 7) is 8.58. The van der Waals surface area contributed by atoms with Gasteiger partial charge in [0.1, 0.15) is 17.5 Å². The number of aromatic nitrogens is 2. The highest BCUT2D eigenvalue weighted by Gasteiger charge is 2.08. The second-order valence-corrected chi connectivity index (χ2v) is 5.59. The van der Waals surface area contributed by atoms with Gasteiger partial charge >= 0.3 is 0 Å². The van der Waals surface area contributed by atoms with Crippen molar-refractivity contribution in [1.82, 2.24) is 9.97 Å². The number of anilines is 2. The zero-order valence-electron chi connectivity index (χ0n) is 12.7. The van der Waals surface area contributed by atoms with Gasteiger partial charge < -0.3 is 11.1 Å². The molecule has 0 aliphatic heterocycles. The Morgan fingerprint density at radius 2 is 1.89 bits per heavy atom. The van der Waals surface area contributed by atoms with E-state index in [2.05, 4.69) is 43.0 Å². The van der Waals surface area contributed by atoms with Gasteiger partial charge in [-0.05, 0) is 13.3 Å². The molecule has 1 atom stereocenters. The average molecular weight is 264 g/mol. The maximum Gasteiger partial charge on any atom is 0.135 e. The molecule has 1 aromatic heterocycles. The first-order valence-electron chi connectivity index (χ1n) is 7.44. The van der Waals surface area contributed by atoms with E-state index in [0.717, 1.165) is 11.6 Å². The molecule has 3 N–H and O–H groups in total. The highest BCUT2D eigenvalue weighted by molar-refractivity contribution is 5.45. The summed E-state index contributed by atoms with van der Waals surface area (Å²) in [4.78, 5) is 8.77. The number of hydrogen-bond acceptors (Lipinski definition) is 4. The number of hydrogen-bond donors (Lipinski definition) is 2. The van der Waals surface area contributed by atoms with Crippen molar-refractivity contribution < 1.29 is 0 Å². The molecule has 0 saturated carbocycles. The van der Waals surface area contributed by atoms with Crippen LogP contribution in [-0.2, 0) is 0 Å². The van der Waals surface area contributed by atoms with E-state index in [1.165, 1.54) is 32.1 Å². The lowest BCUT2D eigenvalue weighted by Crippen LogP contribution is -2.17. The second kappa shape index (κ2) is 7.97. The summed E-state index contributed by atoms with van der Waals surface area (Å²) in [5.41, 5.74) is 5.82. The molecule has 0 aliphatic rings. The SMILES string of the molecule is CCCCCCC(C)Nc1cc(N)nc(C(C)C)n1. The number of nitrogens with one attached hydrogen (secondary N) is 1. The first kappa shape index (κ1) is 15.7. The summed E-state index contributed by atoms with van der Waals surface area (Å²) in [5.74, 6) is 2.49. The van der Waals surface area contributed by atoms with Gasteiger partial charge in [-0.1, -0.05) is 46.5 Å². The van der Waals surface area contributed by atoms with Crippen molar-refractivity contribution in [3.63, 3.8) is 0 Å². The minimum atomic E-state index is 0.295. The van der Waals surface area contributed by atoms with E-state index in [0.29, 0.717) is 17.8 Å². The Kier molecular flexibility index (Phi) is 6.60. The van der Waals surface area contributed by atoms with E-state index in [4.69, 9.17) is 5.73 Å². The van der Waals surface area contributed by atoms with Crippen LogP contribution in [0.4, 0.5) is 11.6 Å². The van der Waals surface area contributed by atoms with Gasteiger partial charge in [-0.25, -0.2) is 9.97 Å². The smallest absolute Gasteiger partial charge is 0.135 e. The molecule has 1 heterocycles. The van der Waals surface area contributed by atoms with Gasteiger partial charge in [-0.2, -0.15) is 0 Å². The Bertz CT molecular complexity index is 376. The number of nitrogen functional groups attached to an aromatic ring is 1. The highest BCUT2D eigenvalue weighted by Crippen LogP contribution is 2.17. The summed E-state index contributed by atoms with van der Waals surface area (Å²) in [5, 5.41) is 3.42. The zero-order chi connectivity index (χ0) is 14.3. The van der Waals surface area contributed by atoms with Gasteiger partial charge in [-0.15, -0.1) is 0 Å². The third-order valence-electron chi connectivity index (χ3n) is 3.16. The molecule has 0 aliphatic carbocycles. The van der Waals surface area contributed by atoms with Crippen LogP contribution in [-0.4, -0.2) is 16.0 Å². The predicted octanol–water partition coefficient (Wildman–Crippen LogP) is 3.95. The molecule has 4 heteroatoms. The predicted molar refractivity (Wildman–Crippen MR) is 82.4 cm³/mol. The quantitative estimate of drug-likeness (QED) is 0.698. The summed E-state index contributed by atoms with van der Waals surface area (Å²) >= 11 is 0. The topological polar surface area (TPSA) is 63.8 Å². The van der Waals surface area contributed by atoms with Crippen molar-refractivity contribution in [3.8, 4) is 0 Å². The van der Waals surface area contributed by atoms with Crippen LogP contribution in [0.3, 0.4) is 0 Å². The summed E-state index contributed by atoms with van der Waals surface area (Å²) in [6.07, 6.45) is 6.35. The number of rotatable bonds is 8. The molecule has 0 amide bonds. The molecule has 19 heavy (non-hydrogen) atoms. The van der Waals surface area contributed by atoms with Crippen LogP contribution in [0.1, 0.15) is 71.5 Å². The normalized spacial score (nSPS) is 12.7. The second-order valence-electron chi connectivity index (χ2n) is 5.59. The van der Waals surface area contributed by atoms with Crippen LogP contribution >= 0.6 is 0 Å². The van der Waals surface area contributed by atoms with E-state index in [9.17, 15) is 0 Å². The molecule has 0 saturated heterocycles. The zero-order valence-corrected chi connectivity index (χ0v) is 12.7. The molecule has 0 bridgehead atoms. The molecular formula is C15H28N4. The Labute approximate surface area is 117 Å². The van der Waals surface area contributed by atoms with Gasteiger partial charge in [0.2, 0.25) is 0 Å². The Balaban J connectivity index is 2.51. The van der Waals surface area contributed by atoms with Crippen molar-refractivity contribution in [2.45, 2.75) is 71.8 Å². The van der Waals surface area contributed by atoms with Crippen molar-refractivity contribution in [3.05, 3.63) is 11.9 Å².